The van der Waals surface area contributed by atoms with Gasteiger partial charge < -0.3 is 11.0 Å². The Balaban J connectivity index is 0. The molecule has 16 valence electrons. The van der Waals surface area contributed by atoms with Crippen LogP contribution < -0.4 is 0 Å². The summed E-state index contributed by atoms with van der Waals surface area (Å²) in [5.41, 5.74) is 0. The monoisotopic (exact) mass is 509 g/mol. The van der Waals surface area contributed by atoms with Gasteiger partial charge in [-0.2, -0.15) is 0 Å². The maximum absolute atomic E-state index is 0. The summed E-state index contributed by atoms with van der Waals surface area (Å²) in [6.07, 6.45) is 0. The number of rotatable bonds is 0. The first-order chi connectivity index (χ1) is 0. The van der Waals surface area contributed by atoms with Crippen LogP contribution in [0.3, 0.4) is 0 Å². The summed E-state index contributed by atoms with van der Waals surface area (Å²) < 4.78 is 0. The summed E-state index contributed by atoms with van der Waals surface area (Å²) in [6, 6.07) is 0. The summed E-state index contributed by atoms with van der Waals surface area (Å²) in [4.78, 5) is 0. The molecule has 2 nitrogen and oxygen atoms in total. The van der Waals surface area contributed by atoms with Gasteiger partial charge in [0.1, 0.15) is 0 Å². The van der Waals surface area contributed by atoms with Gasteiger partial charge in [-0.3, -0.25) is 0 Å². The van der Waals surface area contributed by atoms with Crippen molar-refractivity contribution in [3.8, 4) is 0 Å². The van der Waals surface area contributed by atoms with E-state index in [-0.39, 0.29) is 106 Å². The molecule has 0 spiro atoms. The fourth-order valence-electron chi connectivity index (χ4n) is 0. The Labute approximate surface area is 104 Å². The van der Waals surface area contributed by atoms with E-state index >= 15 is 0 Å². The van der Waals surface area contributed by atoms with E-state index in [9.17, 15) is 0 Å². The van der Waals surface area contributed by atoms with Gasteiger partial charge in [-0.15, -0.1) is 0 Å². The number of hydrogen-bond donors (Lipinski definition) is 0. The topological polar surface area (TPSA) is 57.0 Å². The fourth-order valence-corrected chi connectivity index (χ4v) is 0. The molecule has 0 unspecified atom stereocenters. The summed E-state index contributed by atoms with van der Waals surface area (Å²) in [7, 11) is 0. The van der Waals surface area contributed by atoms with E-state index in [2.05, 4.69) is 0 Å². The molecule has 0 aliphatic rings. The first-order valence-electron chi connectivity index (χ1n) is 0. The molecule has 0 heterocycles. The molecule has 0 aromatic heterocycles. The van der Waals surface area contributed by atoms with E-state index in [1.807, 2.05) is 0 Å². The van der Waals surface area contributed by atoms with Gasteiger partial charge in [0.05, 0.1) is 0 Å². The van der Waals surface area contributed by atoms with E-state index in [0.29, 0.717) is 0 Å². The van der Waals surface area contributed by atoms with Gasteiger partial charge in [0.25, 0.3) is 0 Å². The van der Waals surface area contributed by atoms with Gasteiger partial charge in [0.15, 0.2) is 0 Å². The van der Waals surface area contributed by atoms with E-state index in [1.54, 1.807) is 0 Å². The van der Waals surface area contributed by atoms with Crippen LogP contribution in [0.1, 0.15) is 0 Å². The van der Waals surface area contributed by atoms with Crippen LogP contribution >= 0.6 is 0 Å². The molecule has 0 aromatic rings. The summed E-state index contributed by atoms with van der Waals surface area (Å²) in [5.74, 6) is 0. The van der Waals surface area contributed by atoms with E-state index in [1.165, 1.54) is 0 Å². The number of hydrogen-bond acceptors (Lipinski definition) is 0. The van der Waals surface area contributed by atoms with Gasteiger partial charge in [-0.05, 0) is 0 Å². The predicted octanol–water partition coefficient (Wildman–Crippen LogP) is -0.626. The Morgan fingerprint density at radius 1 is 0.667 bits per heavy atom. The Kier molecular flexibility index (Phi) is 446. The van der Waals surface area contributed by atoms with Crippen molar-refractivity contribution in [3.63, 3.8) is 0 Å². The van der Waals surface area contributed by atoms with E-state index in [4.69, 9.17) is 0 Å². The summed E-state index contributed by atoms with van der Waals surface area (Å²) >= 11 is 0. The zero-order valence-corrected chi connectivity index (χ0v) is 13.7. The van der Waals surface area contributed by atoms with E-state index < -0.39 is 0 Å². The minimum Gasteiger partial charge on any atom is -2.00 e. The molecule has 0 rings (SSSR count). The smallest absolute Gasteiger partial charge is 2.00 e. The first-order valence-corrected chi connectivity index (χ1v) is 0. The van der Waals surface area contributed by atoms with Crippen LogP contribution in [0.2, 0.25) is 0 Å². The zero-order chi connectivity index (χ0) is 0. The molecule has 0 N–H and O–H groups in total. The zero-order valence-electron chi connectivity index (χ0n) is 2.89. The van der Waals surface area contributed by atoms with Crippen LogP contribution in [-0.4, -0.2) is 17.4 Å². The second-order valence-corrected chi connectivity index (χ2v) is 0. The average Bonchev–Trinajstić information content (AvgIpc) is 0. The molecular formula is AlHf2O2Zr+11. The van der Waals surface area contributed by atoms with Crippen LogP contribution in [0.4, 0.5) is 0 Å². The molecular weight excluding hydrogens is 507 g/mol. The van der Waals surface area contributed by atoms with Crippen molar-refractivity contribution in [2.24, 2.45) is 0 Å². The minimum absolute atomic E-state index is 0. The van der Waals surface area contributed by atoms with Crippen LogP contribution in [0.5, 0.6) is 0 Å². The third-order valence-electron chi connectivity index (χ3n) is 0. The SMILES string of the molecule is [Al+3].[Hf+4].[Hf+4].[O-2].[O-2].[Zr+4]. The van der Waals surface area contributed by atoms with Crippen molar-refractivity contribution < 1.29 is 88.8 Å². The Hall–Kier alpha value is 3.08. The average molecular weight is 507 g/mol. The third kappa shape index (κ3) is 27.6. The Morgan fingerprint density at radius 2 is 0.667 bits per heavy atom. The Bertz CT molecular complexity index is 11.5. The standard InChI is InChI=1S/Al.2Hf.2O.Zr/q+3;2*+4;2*-2;+4. The molecule has 0 saturated carbocycles. The third-order valence-corrected chi connectivity index (χ3v) is 0. The molecule has 6 heavy (non-hydrogen) atoms. The largest absolute Gasteiger partial charge is 4.00 e. The Morgan fingerprint density at radius 3 is 0.667 bits per heavy atom. The molecule has 0 saturated heterocycles. The van der Waals surface area contributed by atoms with Crippen molar-refractivity contribution in [1.29, 1.82) is 0 Å². The maximum atomic E-state index is 0. The maximum Gasteiger partial charge on any atom is 4.00 e. The van der Waals surface area contributed by atoms with Crippen LogP contribution in [0, 0.1) is 0 Å². The van der Waals surface area contributed by atoms with Gasteiger partial charge in [0.2, 0.25) is 0 Å². The van der Waals surface area contributed by atoms with Gasteiger partial charge in [0, 0.05) is 0 Å². The van der Waals surface area contributed by atoms with Crippen molar-refractivity contribution in [2.75, 3.05) is 0 Å². The first kappa shape index (κ1) is 62.6. The van der Waals surface area contributed by atoms with E-state index in [0.717, 1.165) is 0 Å². The summed E-state index contributed by atoms with van der Waals surface area (Å²) in [6.45, 7) is 0. The van der Waals surface area contributed by atoms with Gasteiger partial charge >= 0.3 is 95.3 Å². The second kappa shape index (κ2) is 42.7. The summed E-state index contributed by atoms with van der Waals surface area (Å²) in [5, 5.41) is 0. The van der Waals surface area contributed by atoms with Crippen molar-refractivity contribution in [1.82, 2.24) is 0 Å². The molecule has 0 amide bonds. The molecule has 0 aliphatic heterocycles. The molecule has 0 aromatic carbocycles. The van der Waals surface area contributed by atoms with Gasteiger partial charge in [-0.25, -0.2) is 0 Å². The molecule has 0 radical (unpaired) electrons. The van der Waals surface area contributed by atoms with Crippen LogP contribution in [-0.2, 0) is 88.8 Å². The molecule has 6 heteroatoms. The fraction of sp³-hybridized carbons (Fsp3) is 0. The second-order valence-electron chi connectivity index (χ2n) is 0. The van der Waals surface area contributed by atoms with Crippen molar-refractivity contribution in [3.05, 3.63) is 0 Å². The molecule has 0 fully saturated rings. The quantitative estimate of drug-likeness (QED) is 0.393. The predicted molar refractivity (Wildman–Crippen MR) is 7.13 cm³/mol. The molecule has 0 bridgehead atoms. The van der Waals surface area contributed by atoms with Gasteiger partial charge in [-0.1, -0.05) is 0 Å². The minimum atomic E-state index is 0. The van der Waals surface area contributed by atoms with Crippen molar-refractivity contribution in [2.45, 2.75) is 0 Å². The molecule has 0 atom stereocenters. The van der Waals surface area contributed by atoms with Crippen LogP contribution in [0.25, 0.3) is 0 Å². The normalized spacial score (nSPS) is 0. The van der Waals surface area contributed by atoms with Crippen molar-refractivity contribution >= 4 is 17.4 Å². The van der Waals surface area contributed by atoms with Crippen LogP contribution in [0.15, 0.2) is 0 Å². The molecule has 0 aliphatic carbocycles.